The van der Waals surface area contributed by atoms with E-state index in [4.69, 9.17) is 5.26 Å². The highest BCUT2D eigenvalue weighted by atomic mass is 32.2. The zero-order valence-corrected chi connectivity index (χ0v) is 11.8. The number of thioether (sulfide) groups is 1. The first-order valence-corrected chi connectivity index (χ1v) is 7.18. The second kappa shape index (κ2) is 6.56. The zero-order valence-electron chi connectivity index (χ0n) is 11.0. The minimum absolute atomic E-state index is 0.0702. The molecule has 0 spiro atoms. The molecule has 102 valence electrons. The fourth-order valence-electron chi connectivity index (χ4n) is 1.78. The largest absolute Gasteiger partial charge is 0.389 e. The Labute approximate surface area is 121 Å². The summed E-state index contributed by atoms with van der Waals surface area (Å²) >= 11 is 1.59. The van der Waals surface area contributed by atoms with E-state index >= 15 is 0 Å². The summed E-state index contributed by atoms with van der Waals surface area (Å²) in [6.45, 7) is 1.73. The van der Waals surface area contributed by atoms with E-state index in [1.54, 1.807) is 30.8 Å². The Bertz CT molecular complexity index is 649. The molecule has 0 radical (unpaired) electrons. The molecule has 0 fully saturated rings. The predicted molar refractivity (Wildman–Crippen MR) is 77.8 cm³/mol. The maximum absolute atomic E-state index is 13.2. The predicted octanol–water partition coefficient (Wildman–Crippen LogP) is 4.04. The molecular weight excluding hydrogens is 273 g/mol. The van der Waals surface area contributed by atoms with Gasteiger partial charge in [0, 0.05) is 10.6 Å². The van der Waals surface area contributed by atoms with E-state index in [0.717, 1.165) is 16.0 Å². The van der Waals surface area contributed by atoms with Gasteiger partial charge in [-0.2, -0.15) is 5.26 Å². The first-order chi connectivity index (χ1) is 9.60. The van der Waals surface area contributed by atoms with Crippen LogP contribution in [0.15, 0.2) is 47.4 Å². The number of nitriles is 1. The van der Waals surface area contributed by atoms with Crippen molar-refractivity contribution >= 4 is 11.8 Å². The summed E-state index contributed by atoms with van der Waals surface area (Å²) in [4.78, 5) is 1.03. The molecule has 2 rings (SSSR count). The smallest absolute Gasteiger partial charge is 0.140 e. The highest BCUT2D eigenvalue weighted by Gasteiger charge is 2.05. The maximum atomic E-state index is 13.2. The third-order valence-electron chi connectivity index (χ3n) is 2.90. The molecule has 0 saturated heterocycles. The van der Waals surface area contributed by atoms with Crippen molar-refractivity contribution in [2.75, 3.05) is 0 Å². The van der Waals surface area contributed by atoms with Gasteiger partial charge in [-0.05, 0) is 42.3 Å². The lowest BCUT2D eigenvalue weighted by Crippen LogP contribution is -1.91. The van der Waals surface area contributed by atoms with Crippen LogP contribution in [0.3, 0.4) is 0 Å². The number of halogens is 1. The van der Waals surface area contributed by atoms with Gasteiger partial charge in [0.15, 0.2) is 0 Å². The minimum Gasteiger partial charge on any atom is -0.389 e. The molecule has 0 aromatic heterocycles. The lowest BCUT2D eigenvalue weighted by Gasteiger charge is -2.07. The molecule has 4 heteroatoms. The fourth-order valence-corrected chi connectivity index (χ4v) is 2.69. The topological polar surface area (TPSA) is 44.0 Å². The molecule has 0 saturated carbocycles. The van der Waals surface area contributed by atoms with Crippen molar-refractivity contribution in [2.24, 2.45) is 0 Å². The third kappa shape index (κ3) is 3.60. The van der Waals surface area contributed by atoms with E-state index in [2.05, 4.69) is 0 Å². The van der Waals surface area contributed by atoms with Crippen molar-refractivity contribution in [3.63, 3.8) is 0 Å². The lowest BCUT2D eigenvalue weighted by atomic mass is 10.1. The number of hydrogen-bond donors (Lipinski definition) is 1. The Hall–Kier alpha value is -1.83. The van der Waals surface area contributed by atoms with Gasteiger partial charge >= 0.3 is 0 Å². The number of hydrogen-bond acceptors (Lipinski definition) is 3. The monoisotopic (exact) mass is 287 g/mol. The minimum atomic E-state index is -0.494. The van der Waals surface area contributed by atoms with Gasteiger partial charge in [-0.15, -0.1) is 11.8 Å². The van der Waals surface area contributed by atoms with E-state index in [1.165, 1.54) is 6.07 Å². The van der Waals surface area contributed by atoms with Crippen molar-refractivity contribution < 1.29 is 9.50 Å². The van der Waals surface area contributed by atoms with Gasteiger partial charge in [0.1, 0.15) is 11.9 Å². The summed E-state index contributed by atoms with van der Waals surface area (Å²) in [6, 6.07) is 14.1. The molecule has 1 unspecified atom stereocenters. The third-order valence-corrected chi connectivity index (χ3v) is 3.96. The molecule has 2 aromatic carbocycles. The van der Waals surface area contributed by atoms with Gasteiger partial charge in [-0.1, -0.05) is 18.2 Å². The van der Waals surface area contributed by atoms with Crippen molar-refractivity contribution in [1.82, 2.24) is 0 Å². The van der Waals surface area contributed by atoms with Gasteiger partial charge in [0.2, 0.25) is 0 Å². The maximum Gasteiger partial charge on any atom is 0.140 e. The molecule has 0 heterocycles. The SMILES string of the molecule is CC(O)c1cccc(SCc2ccc(F)c(C#N)c2)c1. The Balaban J connectivity index is 2.09. The highest BCUT2D eigenvalue weighted by Crippen LogP contribution is 2.26. The van der Waals surface area contributed by atoms with Crippen LogP contribution in [0.2, 0.25) is 0 Å². The number of aliphatic hydroxyl groups excluding tert-OH is 1. The lowest BCUT2D eigenvalue weighted by molar-refractivity contribution is 0.199. The van der Waals surface area contributed by atoms with Crippen molar-refractivity contribution in [3.8, 4) is 6.07 Å². The highest BCUT2D eigenvalue weighted by molar-refractivity contribution is 7.98. The van der Waals surface area contributed by atoms with Gasteiger partial charge in [0.05, 0.1) is 11.7 Å². The molecule has 0 bridgehead atoms. The molecule has 0 amide bonds. The summed E-state index contributed by atoms with van der Waals surface area (Å²) < 4.78 is 13.2. The van der Waals surface area contributed by atoms with Crippen molar-refractivity contribution in [2.45, 2.75) is 23.7 Å². The van der Waals surface area contributed by atoms with Gasteiger partial charge < -0.3 is 5.11 Å². The van der Waals surface area contributed by atoms with Crippen LogP contribution < -0.4 is 0 Å². The number of benzene rings is 2. The van der Waals surface area contributed by atoms with E-state index < -0.39 is 11.9 Å². The molecule has 0 aliphatic rings. The van der Waals surface area contributed by atoms with E-state index in [0.29, 0.717) is 5.75 Å². The van der Waals surface area contributed by atoms with Crippen molar-refractivity contribution in [1.29, 1.82) is 5.26 Å². The Morgan fingerprint density at radius 3 is 2.80 bits per heavy atom. The Morgan fingerprint density at radius 1 is 1.30 bits per heavy atom. The zero-order chi connectivity index (χ0) is 14.5. The van der Waals surface area contributed by atoms with Crippen LogP contribution in [-0.2, 0) is 5.75 Å². The van der Waals surface area contributed by atoms with Crippen molar-refractivity contribution in [3.05, 3.63) is 65.0 Å². The molecule has 1 atom stereocenters. The first kappa shape index (κ1) is 14.6. The first-order valence-electron chi connectivity index (χ1n) is 6.19. The molecular formula is C16H14FNOS. The second-order valence-corrected chi connectivity index (χ2v) is 5.51. The number of aliphatic hydroxyl groups is 1. The average molecular weight is 287 g/mol. The normalized spacial score (nSPS) is 11.9. The van der Waals surface area contributed by atoms with Gasteiger partial charge in [0.25, 0.3) is 0 Å². The average Bonchev–Trinajstić information content (AvgIpc) is 2.46. The van der Waals surface area contributed by atoms with Gasteiger partial charge in [-0.25, -0.2) is 4.39 Å². The summed E-state index contributed by atoms with van der Waals surface area (Å²) in [5, 5.41) is 18.3. The van der Waals surface area contributed by atoms with Crippen LogP contribution in [0.1, 0.15) is 29.7 Å². The van der Waals surface area contributed by atoms with E-state index in [1.807, 2.05) is 30.3 Å². The standard InChI is InChI=1S/C16H14FNOS/c1-11(19)13-3-2-4-15(8-13)20-10-12-5-6-16(17)14(7-12)9-18/h2-8,11,19H,10H2,1H3. The van der Waals surface area contributed by atoms with Crippen LogP contribution in [-0.4, -0.2) is 5.11 Å². The second-order valence-electron chi connectivity index (χ2n) is 4.46. The number of rotatable bonds is 4. The molecule has 20 heavy (non-hydrogen) atoms. The van der Waals surface area contributed by atoms with E-state index in [-0.39, 0.29) is 5.56 Å². The summed E-state index contributed by atoms with van der Waals surface area (Å²) in [5.74, 6) is 0.162. The van der Waals surface area contributed by atoms with Crippen LogP contribution in [0, 0.1) is 17.1 Å². The van der Waals surface area contributed by atoms with E-state index in [9.17, 15) is 9.50 Å². The van der Waals surface area contributed by atoms with Crippen LogP contribution in [0.25, 0.3) is 0 Å². The summed E-state index contributed by atoms with van der Waals surface area (Å²) in [6.07, 6.45) is -0.494. The van der Waals surface area contributed by atoms with Crippen LogP contribution in [0.4, 0.5) is 4.39 Å². The molecule has 2 aromatic rings. The fraction of sp³-hybridized carbons (Fsp3) is 0.188. The van der Waals surface area contributed by atoms with Gasteiger partial charge in [-0.3, -0.25) is 0 Å². The summed E-state index contributed by atoms with van der Waals surface area (Å²) in [7, 11) is 0. The van der Waals surface area contributed by atoms with Crippen LogP contribution in [0.5, 0.6) is 0 Å². The Kier molecular flexibility index (Phi) is 4.78. The molecule has 1 N–H and O–H groups in total. The molecule has 0 aliphatic heterocycles. The Morgan fingerprint density at radius 2 is 2.10 bits per heavy atom. The summed E-state index contributed by atoms with van der Waals surface area (Å²) in [5.41, 5.74) is 1.84. The number of nitrogens with zero attached hydrogens (tertiary/aromatic N) is 1. The quantitative estimate of drug-likeness (QED) is 0.863. The molecule has 0 aliphatic carbocycles. The van der Waals surface area contributed by atoms with Crippen LogP contribution >= 0.6 is 11.8 Å². The molecule has 2 nitrogen and oxygen atoms in total.